The van der Waals surface area contributed by atoms with Gasteiger partial charge >= 0.3 is 6.23 Å². The third-order valence-electron chi connectivity index (χ3n) is 0.305. The molecule has 0 radical (unpaired) electrons. The molecule has 0 heterocycles. The van der Waals surface area contributed by atoms with Crippen LogP contribution in [0.5, 0.6) is 0 Å². The van der Waals surface area contributed by atoms with Crippen molar-refractivity contribution in [2.75, 3.05) is 0 Å². The first-order valence-corrected chi connectivity index (χ1v) is 1.46. The Hall–Kier alpha value is -0.640. The van der Waals surface area contributed by atoms with Crippen LogP contribution in [0.2, 0.25) is 0 Å². The van der Waals surface area contributed by atoms with E-state index >= 15 is 0 Å². The van der Waals surface area contributed by atoms with Gasteiger partial charge in [-0.15, -0.1) is 0 Å². The van der Waals surface area contributed by atoms with E-state index in [1.54, 1.807) is 0 Å². The third-order valence-corrected chi connectivity index (χ3v) is 0.305. The molecule has 0 rings (SSSR count). The molecule has 4 nitrogen and oxygen atoms in total. The standard InChI is InChI=1S/C2H5NO3/c1-2(4)3(5)6/h2,4H,1H3. The minimum Gasteiger partial charge on any atom is -0.333 e. The summed E-state index contributed by atoms with van der Waals surface area (Å²) in [6, 6.07) is 0. The summed E-state index contributed by atoms with van der Waals surface area (Å²) in [4.78, 5) is 8.48. The lowest BCUT2D eigenvalue weighted by Gasteiger charge is -1.87. The number of rotatable bonds is 1. The first-order valence-electron chi connectivity index (χ1n) is 1.46. The van der Waals surface area contributed by atoms with E-state index in [-0.39, 0.29) is 0 Å². The number of nitrogens with zero attached hydrogens (tertiary/aromatic N) is 1. The van der Waals surface area contributed by atoms with E-state index in [1.165, 1.54) is 0 Å². The first kappa shape index (κ1) is 5.36. The Morgan fingerprint density at radius 1 is 2.00 bits per heavy atom. The van der Waals surface area contributed by atoms with Crippen LogP contribution in [0.15, 0.2) is 0 Å². The summed E-state index contributed by atoms with van der Waals surface area (Å²) in [6.45, 7) is 1.10. The molecular formula is C2H5NO3. The Morgan fingerprint density at radius 2 is 2.17 bits per heavy atom. The molecule has 1 atom stereocenters. The smallest absolute Gasteiger partial charge is 0.310 e. The molecule has 0 aliphatic heterocycles. The highest BCUT2D eigenvalue weighted by Gasteiger charge is 2.01. The van der Waals surface area contributed by atoms with Crippen LogP contribution in [0.25, 0.3) is 0 Å². The van der Waals surface area contributed by atoms with Crippen LogP contribution in [-0.4, -0.2) is 16.3 Å². The van der Waals surface area contributed by atoms with Crippen molar-refractivity contribution in [2.24, 2.45) is 0 Å². The summed E-state index contributed by atoms with van der Waals surface area (Å²) in [6.07, 6.45) is -1.43. The van der Waals surface area contributed by atoms with Gasteiger partial charge in [-0.1, -0.05) is 0 Å². The van der Waals surface area contributed by atoms with Gasteiger partial charge in [0.1, 0.15) is 0 Å². The molecule has 4 heteroatoms. The molecule has 0 amide bonds. The van der Waals surface area contributed by atoms with Crippen LogP contribution in [0, 0.1) is 10.1 Å². The van der Waals surface area contributed by atoms with Crippen molar-refractivity contribution in [1.29, 1.82) is 0 Å². The lowest BCUT2D eigenvalue weighted by molar-refractivity contribution is -0.565. The summed E-state index contributed by atoms with van der Waals surface area (Å²) in [7, 11) is 0. The molecular weight excluding hydrogens is 86.0 g/mol. The van der Waals surface area contributed by atoms with Gasteiger partial charge in [0.25, 0.3) is 0 Å². The van der Waals surface area contributed by atoms with Crippen LogP contribution in [-0.2, 0) is 0 Å². The molecule has 0 saturated carbocycles. The highest BCUT2D eigenvalue weighted by Crippen LogP contribution is 1.75. The zero-order valence-corrected chi connectivity index (χ0v) is 3.29. The molecule has 0 aromatic heterocycles. The van der Waals surface area contributed by atoms with E-state index < -0.39 is 11.2 Å². The molecule has 0 saturated heterocycles. The minimum absolute atomic E-state index is 0.778. The van der Waals surface area contributed by atoms with E-state index in [4.69, 9.17) is 5.11 Å². The number of aliphatic hydroxyl groups excluding tert-OH is 1. The van der Waals surface area contributed by atoms with Gasteiger partial charge in [-0.25, -0.2) is 0 Å². The Labute approximate surface area is 34.6 Å². The second-order valence-electron chi connectivity index (χ2n) is 0.917. The monoisotopic (exact) mass is 91.0 g/mol. The van der Waals surface area contributed by atoms with Crippen LogP contribution in [0.4, 0.5) is 0 Å². The minimum atomic E-state index is -1.43. The highest BCUT2D eigenvalue weighted by atomic mass is 16.7. The molecule has 1 unspecified atom stereocenters. The molecule has 0 aliphatic rings. The van der Waals surface area contributed by atoms with Gasteiger partial charge in [-0.05, 0) is 0 Å². The van der Waals surface area contributed by atoms with Gasteiger partial charge in [-0.2, -0.15) is 0 Å². The summed E-state index contributed by atoms with van der Waals surface area (Å²) in [5.41, 5.74) is 0. The zero-order chi connectivity index (χ0) is 5.15. The van der Waals surface area contributed by atoms with Crippen molar-refractivity contribution >= 4 is 0 Å². The van der Waals surface area contributed by atoms with Gasteiger partial charge < -0.3 is 5.11 Å². The molecule has 0 aromatic rings. The van der Waals surface area contributed by atoms with E-state index in [0.717, 1.165) is 6.92 Å². The summed E-state index contributed by atoms with van der Waals surface area (Å²) < 4.78 is 0. The first-order chi connectivity index (χ1) is 2.64. The van der Waals surface area contributed by atoms with E-state index in [0.29, 0.717) is 0 Å². The fourth-order valence-corrected chi connectivity index (χ4v) is 0. The average Bonchev–Trinajstić information content (AvgIpc) is 1.36. The fraction of sp³-hybridized carbons (Fsp3) is 1.00. The SMILES string of the molecule is CC(O)[N+](=O)[O-]. The Kier molecular flexibility index (Phi) is 1.53. The molecule has 0 fully saturated rings. The molecule has 0 spiro atoms. The predicted molar refractivity (Wildman–Crippen MR) is 18.7 cm³/mol. The Balaban J connectivity index is 3.26. The normalized spacial score (nSPS) is 13.7. The quantitative estimate of drug-likeness (QED) is 0.271. The molecule has 0 aliphatic carbocycles. The van der Waals surface area contributed by atoms with Crippen molar-refractivity contribution in [3.63, 3.8) is 0 Å². The number of hydrogen-bond donors (Lipinski definition) is 1. The van der Waals surface area contributed by atoms with E-state index in [1.807, 2.05) is 0 Å². The third kappa shape index (κ3) is 1.66. The van der Waals surface area contributed by atoms with Crippen molar-refractivity contribution in [2.45, 2.75) is 13.2 Å². The Morgan fingerprint density at radius 3 is 2.17 bits per heavy atom. The van der Waals surface area contributed by atoms with Gasteiger partial charge in [0.05, 0.1) is 4.92 Å². The van der Waals surface area contributed by atoms with Crippen LogP contribution < -0.4 is 0 Å². The predicted octanol–water partition coefficient (Wildman–Crippen LogP) is -0.399. The lowest BCUT2D eigenvalue weighted by Crippen LogP contribution is -2.12. The number of aliphatic hydroxyl groups is 1. The van der Waals surface area contributed by atoms with Crippen molar-refractivity contribution < 1.29 is 10.0 Å². The van der Waals surface area contributed by atoms with E-state index in [9.17, 15) is 10.1 Å². The Bertz CT molecular complexity index is 59.8. The average molecular weight is 91.1 g/mol. The number of nitro groups is 1. The zero-order valence-electron chi connectivity index (χ0n) is 3.29. The summed E-state index contributed by atoms with van der Waals surface area (Å²) in [5, 5.41) is 17.2. The van der Waals surface area contributed by atoms with E-state index in [2.05, 4.69) is 0 Å². The van der Waals surface area contributed by atoms with Crippen molar-refractivity contribution in [1.82, 2.24) is 0 Å². The molecule has 36 valence electrons. The van der Waals surface area contributed by atoms with Crippen LogP contribution in [0.1, 0.15) is 6.92 Å². The summed E-state index contributed by atoms with van der Waals surface area (Å²) in [5.74, 6) is 0. The largest absolute Gasteiger partial charge is 0.333 e. The second-order valence-corrected chi connectivity index (χ2v) is 0.917. The second kappa shape index (κ2) is 1.71. The summed E-state index contributed by atoms with van der Waals surface area (Å²) >= 11 is 0. The van der Waals surface area contributed by atoms with Gasteiger partial charge in [0, 0.05) is 6.92 Å². The van der Waals surface area contributed by atoms with Gasteiger partial charge in [0.15, 0.2) is 0 Å². The maximum absolute atomic E-state index is 9.25. The molecule has 6 heavy (non-hydrogen) atoms. The molecule has 0 bridgehead atoms. The lowest BCUT2D eigenvalue weighted by atomic mass is 10.7. The maximum Gasteiger partial charge on any atom is 0.310 e. The topological polar surface area (TPSA) is 63.4 Å². The van der Waals surface area contributed by atoms with Crippen LogP contribution >= 0.6 is 0 Å². The molecule has 1 N–H and O–H groups in total. The van der Waals surface area contributed by atoms with Crippen molar-refractivity contribution in [3.8, 4) is 0 Å². The fourth-order valence-electron chi connectivity index (χ4n) is 0. The maximum atomic E-state index is 9.25. The number of hydrogen-bond acceptors (Lipinski definition) is 3. The van der Waals surface area contributed by atoms with Crippen molar-refractivity contribution in [3.05, 3.63) is 10.1 Å². The van der Waals surface area contributed by atoms with Gasteiger partial charge in [0.2, 0.25) is 0 Å². The van der Waals surface area contributed by atoms with Crippen LogP contribution in [0.3, 0.4) is 0 Å². The van der Waals surface area contributed by atoms with Gasteiger partial charge in [-0.3, -0.25) is 10.1 Å². The highest BCUT2D eigenvalue weighted by molar-refractivity contribution is 4.15. The molecule has 0 aromatic carbocycles.